The third kappa shape index (κ3) is 2.87. The standard InChI is InChI=1S/C13H20/c1-5-12-9-11(4)6-7-13(12)8-10(2)3/h8-9H,5-7H2,1-4H3. The Morgan fingerprint density at radius 2 is 2.08 bits per heavy atom. The molecule has 0 aromatic rings. The Bertz CT molecular complexity index is 270. The lowest BCUT2D eigenvalue weighted by Crippen LogP contribution is -1.95. The second-order valence-corrected chi connectivity index (χ2v) is 4.12. The van der Waals surface area contributed by atoms with E-state index in [1.807, 2.05) is 0 Å². The Balaban J connectivity index is 2.97. The Kier molecular flexibility index (Phi) is 3.53. The average Bonchev–Trinajstić information content (AvgIpc) is 2.07. The van der Waals surface area contributed by atoms with E-state index in [9.17, 15) is 0 Å². The van der Waals surface area contributed by atoms with Crippen LogP contribution in [0.5, 0.6) is 0 Å². The maximum absolute atomic E-state index is 2.36. The summed E-state index contributed by atoms with van der Waals surface area (Å²) in [5, 5.41) is 0. The van der Waals surface area contributed by atoms with E-state index in [4.69, 9.17) is 0 Å². The average molecular weight is 176 g/mol. The second kappa shape index (κ2) is 4.45. The molecule has 0 atom stereocenters. The molecule has 0 aromatic carbocycles. The van der Waals surface area contributed by atoms with E-state index >= 15 is 0 Å². The summed E-state index contributed by atoms with van der Waals surface area (Å²) in [5.41, 5.74) is 6.02. The van der Waals surface area contributed by atoms with Crippen molar-refractivity contribution in [1.82, 2.24) is 0 Å². The van der Waals surface area contributed by atoms with Crippen LogP contribution in [0.2, 0.25) is 0 Å². The first-order valence-electron chi connectivity index (χ1n) is 5.17. The molecule has 72 valence electrons. The van der Waals surface area contributed by atoms with E-state index in [1.54, 1.807) is 5.57 Å². The topological polar surface area (TPSA) is 0 Å². The summed E-state index contributed by atoms with van der Waals surface area (Å²) in [6.45, 7) is 8.81. The molecule has 0 radical (unpaired) electrons. The smallest absolute Gasteiger partial charge is 0.0239 e. The zero-order valence-electron chi connectivity index (χ0n) is 9.28. The Hall–Kier alpha value is -0.780. The van der Waals surface area contributed by atoms with Gasteiger partial charge in [-0.25, -0.2) is 0 Å². The maximum atomic E-state index is 2.36. The van der Waals surface area contributed by atoms with Gasteiger partial charge in [0.2, 0.25) is 0 Å². The summed E-state index contributed by atoms with van der Waals surface area (Å²) in [6, 6.07) is 0. The van der Waals surface area contributed by atoms with Crippen LogP contribution in [0.15, 0.2) is 34.4 Å². The highest BCUT2D eigenvalue weighted by molar-refractivity contribution is 5.39. The molecule has 13 heavy (non-hydrogen) atoms. The molecule has 0 bridgehead atoms. The summed E-state index contributed by atoms with van der Waals surface area (Å²) in [4.78, 5) is 0. The first-order chi connectivity index (χ1) is 6.13. The highest BCUT2D eigenvalue weighted by atomic mass is 14.1. The molecule has 0 amide bonds. The minimum Gasteiger partial charge on any atom is -0.0762 e. The van der Waals surface area contributed by atoms with Crippen LogP contribution >= 0.6 is 0 Å². The predicted octanol–water partition coefficient (Wildman–Crippen LogP) is 4.40. The van der Waals surface area contributed by atoms with Gasteiger partial charge in [0.05, 0.1) is 0 Å². The van der Waals surface area contributed by atoms with E-state index in [-0.39, 0.29) is 0 Å². The molecule has 0 N–H and O–H groups in total. The molecule has 0 heterocycles. The molecule has 0 saturated heterocycles. The fourth-order valence-electron chi connectivity index (χ4n) is 1.80. The predicted molar refractivity (Wildman–Crippen MR) is 59.7 cm³/mol. The molecule has 0 spiro atoms. The fourth-order valence-corrected chi connectivity index (χ4v) is 1.80. The van der Waals surface area contributed by atoms with Crippen LogP contribution < -0.4 is 0 Å². The van der Waals surface area contributed by atoms with Crippen molar-refractivity contribution in [2.24, 2.45) is 0 Å². The van der Waals surface area contributed by atoms with Crippen molar-refractivity contribution >= 4 is 0 Å². The zero-order chi connectivity index (χ0) is 9.84. The molecule has 1 rings (SSSR count). The van der Waals surface area contributed by atoms with Gasteiger partial charge in [0.25, 0.3) is 0 Å². The SMILES string of the molecule is CCC1=C(C=C(C)C)CCC(C)=C1. The summed E-state index contributed by atoms with van der Waals surface area (Å²) in [7, 11) is 0. The van der Waals surface area contributed by atoms with Crippen molar-refractivity contribution < 1.29 is 0 Å². The molecule has 0 nitrogen and oxygen atoms in total. The van der Waals surface area contributed by atoms with E-state index in [0.717, 1.165) is 6.42 Å². The number of rotatable bonds is 2. The van der Waals surface area contributed by atoms with Gasteiger partial charge >= 0.3 is 0 Å². The number of hydrogen-bond donors (Lipinski definition) is 0. The van der Waals surface area contributed by atoms with Gasteiger partial charge < -0.3 is 0 Å². The molecule has 0 aromatic heterocycles. The first-order valence-corrected chi connectivity index (χ1v) is 5.17. The number of allylic oxidation sites excluding steroid dienone is 6. The lowest BCUT2D eigenvalue weighted by molar-refractivity contribution is 0.887. The fraction of sp³-hybridized carbons (Fsp3) is 0.538. The van der Waals surface area contributed by atoms with Crippen LogP contribution in [0.1, 0.15) is 47.0 Å². The quantitative estimate of drug-likeness (QED) is 0.585. The molecule has 0 heteroatoms. The van der Waals surface area contributed by atoms with Crippen molar-refractivity contribution in [3.8, 4) is 0 Å². The van der Waals surface area contributed by atoms with Crippen molar-refractivity contribution in [3.63, 3.8) is 0 Å². The molecule has 0 fully saturated rings. The van der Waals surface area contributed by atoms with Crippen LogP contribution in [0.25, 0.3) is 0 Å². The summed E-state index contributed by atoms with van der Waals surface area (Å²) < 4.78 is 0. The molecule has 0 aliphatic heterocycles. The van der Waals surface area contributed by atoms with Gasteiger partial charge in [-0.15, -0.1) is 0 Å². The van der Waals surface area contributed by atoms with Crippen molar-refractivity contribution in [2.75, 3.05) is 0 Å². The summed E-state index contributed by atoms with van der Waals surface area (Å²) >= 11 is 0. The molecular formula is C13H20. The van der Waals surface area contributed by atoms with Gasteiger partial charge in [0.15, 0.2) is 0 Å². The van der Waals surface area contributed by atoms with Gasteiger partial charge in [-0.05, 0) is 51.2 Å². The summed E-state index contributed by atoms with van der Waals surface area (Å²) in [5.74, 6) is 0. The van der Waals surface area contributed by atoms with Crippen LogP contribution in [0.4, 0.5) is 0 Å². The van der Waals surface area contributed by atoms with E-state index in [1.165, 1.54) is 29.6 Å². The molecule has 1 aliphatic rings. The molecule has 0 saturated carbocycles. The van der Waals surface area contributed by atoms with E-state index < -0.39 is 0 Å². The maximum Gasteiger partial charge on any atom is -0.0239 e. The lowest BCUT2D eigenvalue weighted by atomic mass is 9.91. The molecule has 1 aliphatic carbocycles. The molecular weight excluding hydrogens is 156 g/mol. The zero-order valence-corrected chi connectivity index (χ0v) is 9.28. The van der Waals surface area contributed by atoms with Gasteiger partial charge in [0, 0.05) is 0 Å². The van der Waals surface area contributed by atoms with Crippen LogP contribution in [-0.2, 0) is 0 Å². The van der Waals surface area contributed by atoms with Crippen molar-refractivity contribution in [1.29, 1.82) is 0 Å². The Morgan fingerprint density at radius 1 is 1.38 bits per heavy atom. The van der Waals surface area contributed by atoms with Crippen molar-refractivity contribution in [3.05, 3.63) is 34.4 Å². The minimum absolute atomic E-state index is 1.16. The van der Waals surface area contributed by atoms with Gasteiger partial charge in [-0.2, -0.15) is 0 Å². The normalized spacial score (nSPS) is 17.1. The van der Waals surface area contributed by atoms with Crippen LogP contribution in [0, 0.1) is 0 Å². The largest absolute Gasteiger partial charge is 0.0762 e. The molecule has 0 unspecified atom stereocenters. The second-order valence-electron chi connectivity index (χ2n) is 4.12. The van der Waals surface area contributed by atoms with Gasteiger partial charge in [-0.3, -0.25) is 0 Å². The van der Waals surface area contributed by atoms with Crippen LogP contribution in [-0.4, -0.2) is 0 Å². The van der Waals surface area contributed by atoms with Crippen LogP contribution in [0.3, 0.4) is 0 Å². The highest BCUT2D eigenvalue weighted by Gasteiger charge is 2.07. The first kappa shape index (κ1) is 10.3. The highest BCUT2D eigenvalue weighted by Crippen LogP contribution is 2.27. The van der Waals surface area contributed by atoms with Gasteiger partial charge in [-0.1, -0.05) is 30.2 Å². The number of hydrogen-bond acceptors (Lipinski definition) is 0. The minimum atomic E-state index is 1.16. The lowest BCUT2D eigenvalue weighted by Gasteiger charge is -2.15. The van der Waals surface area contributed by atoms with Crippen molar-refractivity contribution in [2.45, 2.75) is 47.0 Å². The Labute approximate surface area is 82.0 Å². The summed E-state index contributed by atoms with van der Waals surface area (Å²) in [6.07, 6.45) is 8.33. The van der Waals surface area contributed by atoms with E-state index in [2.05, 4.69) is 39.8 Å². The monoisotopic (exact) mass is 176 g/mol. The Morgan fingerprint density at radius 3 is 2.62 bits per heavy atom. The van der Waals surface area contributed by atoms with E-state index in [0.29, 0.717) is 0 Å². The third-order valence-electron chi connectivity index (χ3n) is 2.47. The third-order valence-corrected chi connectivity index (χ3v) is 2.47. The van der Waals surface area contributed by atoms with Gasteiger partial charge in [0.1, 0.15) is 0 Å².